The SMILES string of the molecule is [Zr].[c-]1[c-][c-][cH-][c-]1.[c-]1[c-][c-][cH-][c-]1. The topological polar surface area (TPSA) is 0 Å². The summed E-state index contributed by atoms with van der Waals surface area (Å²) in [4.78, 5) is 0. The molecule has 0 aliphatic rings. The van der Waals surface area contributed by atoms with Crippen molar-refractivity contribution in [2.75, 3.05) is 0 Å². The normalized spacial score (nSPS) is 7.27. The summed E-state index contributed by atoms with van der Waals surface area (Å²) in [5, 5.41) is 0. The number of rotatable bonds is 0. The van der Waals surface area contributed by atoms with E-state index < -0.39 is 0 Å². The van der Waals surface area contributed by atoms with Gasteiger partial charge in [0.25, 0.3) is 0 Å². The van der Waals surface area contributed by atoms with E-state index in [1.807, 2.05) is 0 Å². The van der Waals surface area contributed by atoms with Crippen LogP contribution in [0.5, 0.6) is 0 Å². The largest absolute Gasteiger partial charge is 0.999 e. The molecule has 0 bridgehead atoms. The third-order valence-corrected chi connectivity index (χ3v) is 0.702. The Balaban J connectivity index is 0.000000167. The van der Waals surface area contributed by atoms with Crippen LogP contribution in [-0.4, -0.2) is 0 Å². The summed E-state index contributed by atoms with van der Waals surface area (Å²) in [5.74, 6) is 0. The van der Waals surface area contributed by atoms with Crippen molar-refractivity contribution >= 4 is 0 Å². The Morgan fingerprint density at radius 1 is 0.545 bits per heavy atom. The van der Waals surface area contributed by atoms with Crippen LogP contribution >= 0.6 is 0 Å². The molecule has 0 N–H and O–H groups in total. The smallest absolute Gasteiger partial charge is 0 e. The molecule has 0 saturated heterocycles. The van der Waals surface area contributed by atoms with E-state index in [1.165, 1.54) is 0 Å². The molecule has 0 heterocycles. The van der Waals surface area contributed by atoms with E-state index in [0.29, 0.717) is 0 Å². The van der Waals surface area contributed by atoms with Gasteiger partial charge < -0.3 is 60.7 Å². The van der Waals surface area contributed by atoms with Crippen LogP contribution < -0.4 is 0 Å². The van der Waals surface area contributed by atoms with Crippen LogP contribution in [0.3, 0.4) is 0 Å². The summed E-state index contributed by atoms with van der Waals surface area (Å²) < 4.78 is 0. The average molecular weight is 213 g/mol. The maximum atomic E-state index is 2.62. The van der Waals surface area contributed by atoms with Gasteiger partial charge in [-0.15, -0.1) is 0 Å². The number of hydrogen-bond donors (Lipinski definition) is 0. The van der Waals surface area contributed by atoms with E-state index in [2.05, 4.69) is 48.5 Å². The third-order valence-electron chi connectivity index (χ3n) is 0.702. The van der Waals surface area contributed by atoms with Crippen molar-refractivity contribution in [2.24, 2.45) is 0 Å². The van der Waals surface area contributed by atoms with E-state index in [1.54, 1.807) is 12.1 Å². The zero-order valence-electron chi connectivity index (χ0n) is 5.65. The van der Waals surface area contributed by atoms with Crippen LogP contribution in [0.15, 0.2) is 12.1 Å². The van der Waals surface area contributed by atoms with Crippen molar-refractivity contribution in [1.29, 1.82) is 0 Å². The molecule has 0 nitrogen and oxygen atoms in total. The standard InChI is InChI=1S/2C5H.Zr/c2*1-2-4-5-3-1;/h2*1H;/q2*-5;. The minimum Gasteiger partial charge on any atom is -0.999 e. The van der Waals surface area contributed by atoms with Crippen LogP contribution in [0, 0.1) is 48.5 Å². The fourth-order valence-electron chi connectivity index (χ4n) is 0.361. The maximum Gasteiger partial charge on any atom is 0 e. The van der Waals surface area contributed by atoms with Crippen LogP contribution in [0.4, 0.5) is 0 Å². The molecule has 2 aromatic rings. The fourth-order valence-corrected chi connectivity index (χ4v) is 0.361. The van der Waals surface area contributed by atoms with Gasteiger partial charge >= 0.3 is 0 Å². The first-order chi connectivity index (χ1) is 5.00. The molecule has 0 spiro atoms. The van der Waals surface area contributed by atoms with Crippen molar-refractivity contribution in [3.63, 3.8) is 0 Å². The molecule has 2 aromatic carbocycles. The summed E-state index contributed by atoms with van der Waals surface area (Å²) >= 11 is 0. The molecule has 0 unspecified atom stereocenters. The second kappa shape index (κ2) is 7.69. The molecule has 0 aliphatic carbocycles. The molecule has 11 heavy (non-hydrogen) atoms. The van der Waals surface area contributed by atoms with Crippen molar-refractivity contribution in [3.8, 4) is 0 Å². The van der Waals surface area contributed by atoms with E-state index >= 15 is 0 Å². The Bertz CT molecular complexity index is 144. The molecular weight excluding hydrogens is 211 g/mol. The molecule has 0 radical (unpaired) electrons. The van der Waals surface area contributed by atoms with Gasteiger partial charge in [0.15, 0.2) is 0 Å². The van der Waals surface area contributed by atoms with Gasteiger partial charge in [-0.1, -0.05) is 0 Å². The summed E-state index contributed by atoms with van der Waals surface area (Å²) in [6.07, 6.45) is 0. The Hall–Kier alpha value is -0.417. The second-order valence-electron chi connectivity index (χ2n) is 1.37. The first kappa shape index (κ1) is 10.6. The molecule has 2 rings (SSSR count). The van der Waals surface area contributed by atoms with E-state index in [0.717, 1.165) is 0 Å². The van der Waals surface area contributed by atoms with E-state index in [-0.39, 0.29) is 26.2 Å². The first-order valence-corrected chi connectivity index (χ1v) is 2.65. The van der Waals surface area contributed by atoms with E-state index in [9.17, 15) is 0 Å². The zero-order valence-corrected chi connectivity index (χ0v) is 8.11. The third kappa shape index (κ3) is 6.00. The van der Waals surface area contributed by atoms with Gasteiger partial charge in [0.1, 0.15) is 0 Å². The molecular formula is C10H2Zr-10. The summed E-state index contributed by atoms with van der Waals surface area (Å²) in [7, 11) is 0. The molecule has 0 fully saturated rings. The Kier molecular flexibility index (Phi) is 7.40. The average Bonchev–Trinajstić information content (AvgIpc) is 2.67. The molecule has 0 aliphatic heterocycles. The van der Waals surface area contributed by atoms with Crippen molar-refractivity contribution in [3.05, 3.63) is 60.7 Å². The zero-order chi connectivity index (χ0) is 7.07. The Labute approximate surface area is 86.7 Å². The molecule has 1 heteroatoms. The van der Waals surface area contributed by atoms with E-state index in [4.69, 9.17) is 0 Å². The summed E-state index contributed by atoms with van der Waals surface area (Å²) in [5.41, 5.74) is 0. The van der Waals surface area contributed by atoms with Gasteiger partial charge in [-0.3, -0.25) is 0 Å². The molecule has 0 aromatic heterocycles. The van der Waals surface area contributed by atoms with Gasteiger partial charge in [-0.25, -0.2) is 0 Å². The quantitative estimate of drug-likeness (QED) is 0.577. The molecule has 0 saturated carbocycles. The number of hydrogen-bond acceptors (Lipinski definition) is 0. The van der Waals surface area contributed by atoms with Gasteiger partial charge in [0, 0.05) is 26.2 Å². The van der Waals surface area contributed by atoms with Crippen LogP contribution in [0.25, 0.3) is 0 Å². The van der Waals surface area contributed by atoms with Crippen molar-refractivity contribution in [2.45, 2.75) is 0 Å². The van der Waals surface area contributed by atoms with Gasteiger partial charge in [-0.05, 0) is 0 Å². The molecule has 0 atom stereocenters. The Morgan fingerprint density at radius 3 is 0.909 bits per heavy atom. The second-order valence-corrected chi connectivity index (χ2v) is 1.37. The predicted molar refractivity (Wildman–Crippen MR) is 34.8 cm³/mol. The predicted octanol–water partition coefficient (Wildman–Crippen LogP) is 1.21. The fraction of sp³-hybridized carbons (Fsp3) is 0. The molecule has 0 amide bonds. The van der Waals surface area contributed by atoms with Gasteiger partial charge in [-0.2, -0.15) is 0 Å². The molecule has 56 valence electrons. The maximum absolute atomic E-state index is 2.62. The Morgan fingerprint density at radius 2 is 0.818 bits per heavy atom. The van der Waals surface area contributed by atoms with Crippen LogP contribution in [0.2, 0.25) is 0 Å². The van der Waals surface area contributed by atoms with Crippen LogP contribution in [0.1, 0.15) is 0 Å². The first-order valence-electron chi connectivity index (χ1n) is 2.65. The monoisotopic (exact) mass is 212 g/mol. The van der Waals surface area contributed by atoms with Crippen molar-refractivity contribution in [1.82, 2.24) is 0 Å². The van der Waals surface area contributed by atoms with Crippen LogP contribution in [-0.2, 0) is 26.2 Å². The minimum atomic E-state index is 0. The summed E-state index contributed by atoms with van der Waals surface area (Å²) in [6, 6.07) is 24.0. The van der Waals surface area contributed by atoms with Gasteiger partial charge in [0.05, 0.1) is 0 Å². The summed E-state index contributed by atoms with van der Waals surface area (Å²) in [6.45, 7) is 0. The minimum absolute atomic E-state index is 0. The van der Waals surface area contributed by atoms with Crippen molar-refractivity contribution < 1.29 is 26.2 Å². The van der Waals surface area contributed by atoms with Gasteiger partial charge in [0.2, 0.25) is 0 Å².